The van der Waals surface area contributed by atoms with Crippen LogP contribution in [0.3, 0.4) is 0 Å². The van der Waals surface area contributed by atoms with E-state index in [4.69, 9.17) is 0 Å². The molecule has 0 saturated heterocycles. The van der Waals surface area contributed by atoms with Crippen molar-refractivity contribution in [1.82, 2.24) is 20.4 Å². The molecule has 3 N–H and O–H groups in total. The summed E-state index contributed by atoms with van der Waals surface area (Å²) in [5, 5.41) is 20.5. The minimum absolute atomic E-state index is 0. The highest BCUT2D eigenvalue weighted by Crippen LogP contribution is 2.13. The number of hydrogen-bond acceptors (Lipinski definition) is 3. The molecule has 1 unspecified atom stereocenters. The smallest absolute Gasteiger partial charge is 0.191 e. The van der Waals surface area contributed by atoms with Gasteiger partial charge in [-0.1, -0.05) is 42.5 Å². The number of aliphatic imine (C=N–C) groups is 1. The molecule has 0 saturated carbocycles. The summed E-state index contributed by atoms with van der Waals surface area (Å²) in [7, 11) is 1.75. The van der Waals surface area contributed by atoms with Gasteiger partial charge in [0.1, 0.15) is 0 Å². The molecule has 0 amide bonds. The van der Waals surface area contributed by atoms with Crippen molar-refractivity contribution in [3.05, 3.63) is 84.2 Å². The zero-order chi connectivity index (χ0) is 19.6. The predicted octanol–water partition coefficient (Wildman–Crippen LogP) is 2.97. The Kier molecular flexibility index (Phi) is 9.66. The van der Waals surface area contributed by atoms with E-state index in [9.17, 15) is 5.11 Å². The molecule has 7 heteroatoms. The second-order valence-electron chi connectivity index (χ2n) is 6.54. The van der Waals surface area contributed by atoms with Crippen LogP contribution in [0.5, 0.6) is 0 Å². The number of aliphatic hydroxyl groups excluding tert-OH is 1. The molecule has 0 aliphatic carbocycles. The van der Waals surface area contributed by atoms with Crippen LogP contribution in [0.4, 0.5) is 0 Å². The van der Waals surface area contributed by atoms with Crippen molar-refractivity contribution in [2.75, 3.05) is 26.7 Å². The first kappa shape index (κ1) is 22.9. The lowest BCUT2D eigenvalue weighted by Crippen LogP contribution is -2.40. The number of guanidine groups is 1. The zero-order valence-electron chi connectivity index (χ0n) is 16.5. The molecule has 29 heavy (non-hydrogen) atoms. The van der Waals surface area contributed by atoms with Crippen molar-refractivity contribution in [3.63, 3.8) is 0 Å². The van der Waals surface area contributed by atoms with Gasteiger partial charge < -0.3 is 15.7 Å². The van der Waals surface area contributed by atoms with E-state index in [0.29, 0.717) is 6.54 Å². The van der Waals surface area contributed by atoms with Crippen molar-refractivity contribution in [2.24, 2.45) is 4.99 Å². The Morgan fingerprint density at radius 2 is 1.83 bits per heavy atom. The summed E-state index contributed by atoms with van der Waals surface area (Å²) in [6, 6.07) is 20.3. The Hall–Kier alpha value is -2.39. The first-order valence-corrected chi connectivity index (χ1v) is 9.49. The first-order chi connectivity index (χ1) is 13.8. The molecule has 6 nitrogen and oxygen atoms in total. The third-order valence-corrected chi connectivity index (χ3v) is 4.64. The van der Waals surface area contributed by atoms with Gasteiger partial charge in [0.05, 0.1) is 12.3 Å². The third-order valence-electron chi connectivity index (χ3n) is 4.64. The second kappa shape index (κ2) is 12.2. The van der Waals surface area contributed by atoms with Crippen LogP contribution in [0.1, 0.15) is 17.0 Å². The van der Waals surface area contributed by atoms with Crippen molar-refractivity contribution in [1.29, 1.82) is 0 Å². The molecule has 1 atom stereocenters. The van der Waals surface area contributed by atoms with Crippen LogP contribution in [0.2, 0.25) is 0 Å². The number of halogens is 1. The Morgan fingerprint density at radius 1 is 1.07 bits per heavy atom. The van der Waals surface area contributed by atoms with Crippen LogP contribution in [-0.2, 0) is 6.42 Å². The average Bonchev–Trinajstić information content (AvgIpc) is 3.29. The highest BCUT2D eigenvalue weighted by molar-refractivity contribution is 14.0. The van der Waals surface area contributed by atoms with Crippen LogP contribution in [-0.4, -0.2) is 47.6 Å². The maximum atomic E-state index is 9.67. The van der Waals surface area contributed by atoms with Crippen LogP contribution < -0.4 is 10.6 Å². The summed E-state index contributed by atoms with van der Waals surface area (Å²) < 4.78 is 1.85. The van der Waals surface area contributed by atoms with E-state index in [-0.39, 0.29) is 36.5 Å². The van der Waals surface area contributed by atoms with Crippen LogP contribution in [0, 0.1) is 0 Å². The van der Waals surface area contributed by atoms with Crippen LogP contribution in [0.15, 0.2) is 78.0 Å². The second-order valence-corrected chi connectivity index (χ2v) is 6.54. The van der Waals surface area contributed by atoms with Crippen LogP contribution >= 0.6 is 24.0 Å². The maximum absolute atomic E-state index is 9.67. The van der Waals surface area contributed by atoms with E-state index in [1.165, 1.54) is 5.56 Å². The first-order valence-electron chi connectivity index (χ1n) is 9.49. The normalized spacial score (nSPS) is 12.1. The summed E-state index contributed by atoms with van der Waals surface area (Å²) in [5.41, 5.74) is 3.41. The lowest BCUT2D eigenvalue weighted by molar-refractivity contribution is 0.265. The SMILES string of the molecule is CN=C(NCCc1ccc(-n2cccn2)cc1)NCC(CO)c1ccccc1.I. The molecule has 3 rings (SSSR count). The molecule has 1 heterocycles. The van der Waals surface area contributed by atoms with Gasteiger partial charge in [-0.25, -0.2) is 4.68 Å². The minimum Gasteiger partial charge on any atom is -0.396 e. The topological polar surface area (TPSA) is 74.5 Å². The molecule has 0 bridgehead atoms. The molecule has 0 radical (unpaired) electrons. The van der Waals surface area contributed by atoms with Crippen molar-refractivity contribution in [3.8, 4) is 5.69 Å². The molecule has 0 spiro atoms. The van der Waals surface area contributed by atoms with Gasteiger partial charge >= 0.3 is 0 Å². The summed E-state index contributed by atoms with van der Waals surface area (Å²) in [6.45, 7) is 1.49. The molecule has 0 aliphatic rings. The maximum Gasteiger partial charge on any atom is 0.191 e. The largest absolute Gasteiger partial charge is 0.396 e. The minimum atomic E-state index is 0. The molecule has 0 fully saturated rings. The van der Waals surface area contributed by atoms with E-state index in [2.05, 4.69) is 45.0 Å². The highest BCUT2D eigenvalue weighted by Gasteiger charge is 2.10. The summed E-state index contributed by atoms with van der Waals surface area (Å²) in [4.78, 5) is 4.27. The Labute approximate surface area is 189 Å². The standard InChI is InChI=1S/C22H27N5O.HI/c1-23-22(25-16-20(17-28)19-6-3-2-4-7-19)24-14-12-18-8-10-21(11-9-18)27-15-5-13-26-27;/h2-11,13,15,20,28H,12,14,16-17H2,1H3,(H2,23,24,25);1H. The number of aromatic nitrogens is 2. The van der Waals surface area contributed by atoms with E-state index >= 15 is 0 Å². The van der Waals surface area contributed by atoms with Gasteiger partial charge in [0.2, 0.25) is 0 Å². The fraction of sp³-hybridized carbons (Fsp3) is 0.273. The molecule has 2 aromatic carbocycles. The Morgan fingerprint density at radius 3 is 2.45 bits per heavy atom. The lowest BCUT2D eigenvalue weighted by Gasteiger charge is -2.18. The molecular formula is C22H28IN5O. The molecule has 1 aromatic heterocycles. The summed E-state index contributed by atoms with van der Waals surface area (Å²) in [5.74, 6) is 0.775. The molecular weight excluding hydrogens is 477 g/mol. The summed E-state index contributed by atoms with van der Waals surface area (Å²) >= 11 is 0. The number of nitrogens with zero attached hydrogens (tertiary/aromatic N) is 3. The number of aliphatic hydroxyl groups is 1. The Balaban J connectivity index is 0.00000300. The monoisotopic (exact) mass is 505 g/mol. The van der Waals surface area contributed by atoms with E-state index < -0.39 is 0 Å². The molecule has 0 aliphatic heterocycles. The number of hydrogen-bond donors (Lipinski definition) is 3. The van der Waals surface area contributed by atoms with Crippen molar-refractivity contribution < 1.29 is 5.11 Å². The third kappa shape index (κ3) is 6.86. The van der Waals surface area contributed by atoms with Gasteiger partial charge in [-0.15, -0.1) is 24.0 Å². The average molecular weight is 505 g/mol. The molecule has 3 aromatic rings. The highest BCUT2D eigenvalue weighted by atomic mass is 127. The van der Waals surface area contributed by atoms with E-state index in [0.717, 1.165) is 30.2 Å². The molecule has 154 valence electrons. The quantitative estimate of drug-likeness (QED) is 0.250. The summed E-state index contributed by atoms with van der Waals surface area (Å²) in [6.07, 6.45) is 4.60. The van der Waals surface area contributed by atoms with Gasteiger partial charge in [0.15, 0.2) is 5.96 Å². The van der Waals surface area contributed by atoms with Gasteiger partial charge in [0, 0.05) is 38.4 Å². The van der Waals surface area contributed by atoms with Crippen molar-refractivity contribution >= 4 is 29.9 Å². The van der Waals surface area contributed by atoms with E-state index in [1.54, 1.807) is 13.2 Å². The van der Waals surface area contributed by atoms with Gasteiger partial charge in [-0.05, 0) is 35.7 Å². The van der Waals surface area contributed by atoms with E-state index in [1.807, 2.05) is 47.3 Å². The number of benzene rings is 2. The Bertz CT molecular complexity index is 851. The predicted molar refractivity (Wildman–Crippen MR) is 128 cm³/mol. The van der Waals surface area contributed by atoms with Gasteiger partial charge in [-0.3, -0.25) is 4.99 Å². The number of nitrogens with one attached hydrogen (secondary N) is 2. The lowest BCUT2D eigenvalue weighted by atomic mass is 10.0. The fourth-order valence-corrected chi connectivity index (χ4v) is 3.02. The number of rotatable bonds is 8. The van der Waals surface area contributed by atoms with Crippen molar-refractivity contribution in [2.45, 2.75) is 12.3 Å². The fourth-order valence-electron chi connectivity index (χ4n) is 3.02. The van der Waals surface area contributed by atoms with Gasteiger partial charge in [0.25, 0.3) is 0 Å². The van der Waals surface area contributed by atoms with Gasteiger partial charge in [-0.2, -0.15) is 5.10 Å². The van der Waals surface area contributed by atoms with Crippen LogP contribution in [0.25, 0.3) is 5.69 Å². The zero-order valence-corrected chi connectivity index (χ0v) is 18.9.